The molecule has 0 bridgehead atoms. The number of rotatable bonds is 2. The summed E-state index contributed by atoms with van der Waals surface area (Å²) in [5.41, 5.74) is 7.74. The summed E-state index contributed by atoms with van der Waals surface area (Å²) >= 11 is 0. The first kappa shape index (κ1) is 11.9. The monoisotopic (exact) mass is 256 g/mol. The summed E-state index contributed by atoms with van der Waals surface area (Å²) in [5, 5.41) is 0. The van der Waals surface area contributed by atoms with Gasteiger partial charge in [0.2, 0.25) is 5.91 Å². The largest absolute Gasteiger partial charge is 0.326 e. The van der Waals surface area contributed by atoms with Gasteiger partial charge in [0, 0.05) is 42.8 Å². The van der Waals surface area contributed by atoms with E-state index in [2.05, 4.69) is 4.98 Å². The number of amides is 1. The predicted octanol–water partition coefficient (Wildman–Crippen LogP) is 1.24. The number of hydrogen-bond acceptors (Lipinski definition) is 3. The zero-order valence-electron chi connectivity index (χ0n) is 10.8. The maximum Gasteiger partial charge on any atom is 0.228 e. The maximum atomic E-state index is 11.8. The van der Waals surface area contributed by atoms with Crippen LogP contribution in [0.2, 0.25) is 0 Å². The van der Waals surface area contributed by atoms with E-state index in [0.29, 0.717) is 13.0 Å². The Balaban J connectivity index is 1.87. The van der Waals surface area contributed by atoms with Gasteiger partial charge in [-0.1, -0.05) is 0 Å². The number of imidazole rings is 1. The molecule has 5 heteroatoms. The van der Waals surface area contributed by atoms with Crippen LogP contribution in [0.4, 0.5) is 5.69 Å². The molecule has 3 rings (SSSR count). The summed E-state index contributed by atoms with van der Waals surface area (Å²) in [6.45, 7) is 2.55. The van der Waals surface area contributed by atoms with Crippen molar-refractivity contribution in [2.24, 2.45) is 5.73 Å². The van der Waals surface area contributed by atoms with Crippen molar-refractivity contribution in [3.63, 3.8) is 0 Å². The molecule has 2 N–H and O–H groups in total. The van der Waals surface area contributed by atoms with E-state index in [1.807, 2.05) is 42.0 Å². The lowest BCUT2D eigenvalue weighted by molar-refractivity contribution is -0.117. The number of aromatic nitrogens is 2. The van der Waals surface area contributed by atoms with Gasteiger partial charge in [-0.15, -0.1) is 0 Å². The lowest BCUT2D eigenvalue weighted by atomic mass is 10.2. The standard InChI is InChI=1S/C14H16N4O/c1-10-16-6-7-17(10)12-2-4-13(5-3-12)18-9-11(15)8-14(18)19/h2-7,11H,8-9,15H2,1H3. The average Bonchev–Trinajstić information content (AvgIpc) is 2.96. The van der Waals surface area contributed by atoms with Crippen LogP contribution in [0.25, 0.3) is 5.69 Å². The number of nitrogens with zero attached hydrogens (tertiary/aromatic N) is 3. The first-order chi connectivity index (χ1) is 9.15. The molecule has 19 heavy (non-hydrogen) atoms. The molecule has 5 nitrogen and oxygen atoms in total. The van der Waals surface area contributed by atoms with Crippen LogP contribution in [0.1, 0.15) is 12.2 Å². The summed E-state index contributed by atoms with van der Waals surface area (Å²) in [6, 6.07) is 7.82. The van der Waals surface area contributed by atoms with Gasteiger partial charge in [-0.05, 0) is 31.2 Å². The highest BCUT2D eigenvalue weighted by molar-refractivity contribution is 5.96. The molecule has 1 unspecified atom stereocenters. The van der Waals surface area contributed by atoms with Crippen LogP contribution in [-0.4, -0.2) is 28.0 Å². The molecule has 1 amide bonds. The van der Waals surface area contributed by atoms with Crippen LogP contribution in [0.5, 0.6) is 0 Å². The number of anilines is 1. The molecule has 2 heterocycles. The van der Waals surface area contributed by atoms with Crippen LogP contribution in [0.15, 0.2) is 36.7 Å². The van der Waals surface area contributed by atoms with Crippen molar-refractivity contribution >= 4 is 11.6 Å². The summed E-state index contributed by atoms with van der Waals surface area (Å²) in [5.74, 6) is 1.03. The number of carbonyl (C=O) groups is 1. The van der Waals surface area contributed by atoms with Crippen molar-refractivity contribution in [3.8, 4) is 5.69 Å². The van der Waals surface area contributed by atoms with Gasteiger partial charge in [-0.2, -0.15) is 0 Å². The molecule has 0 aliphatic carbocycles. The molecule has 2 aromatic rings. The Morgan fingerprint density at radius 3 is 2.47 bits per heavy atom. The summed E-state index contributed by atoms with van der Waals surface area (Å²) in [4.78, 5) is 17.7. The van der Waals surface area contributed by atoms with E-state index in [9.17, 15) is 4.79 Å². The van der Waals surface area contributed by atoms with E-state index in [0.717, 1.165) is 17.2 Å². The van der Waals surface area contributed by atoms with Crippen molar-refractivity contribution < 1.29 is 4.79 Å². The van der Waals surface area contributed by atoms with E-state index >= 15 is 0 Å². The van der Waals surface area contributed by atoms with Gasteiger partial charge in [-0.3, -0.25) is 4.79 Å². The van der Waals surface area contributed by atoms with E-state index in [-0.39, 0.29) is 11.9 Å². The molecule has 1 aliphatic rings. The van der Waals surface area contributed by atoms with Gasteiger partial charge in [0.15, 0.2) is 0 Å². The smallest absolute Gasteiger partial charge is 0.228 e. The fourth-order valence-corrected chi connectivity index (χ4v) is 2.43. The second-order valence-electron chi connectivity index (χ2n) is 4.83. The first-order valence-electron chi connectivity index (χ1n) is 6.31. The highest BCUT2D eigenvalue weighted by Gasteiger charge is 2.27. The number of benzene rings is 1. The Morgan fingerprint density at radius 1 is 1.26 bits per heavy atom. The maximum absolute atomic E-state index is 11.8. The third-order valence-corrected chi connectivity index (χ3v) is 3.42. The second-order valence-corrected chi connectivity index (χ2v) is 4.83. The Hall–Kier alpha value is -2.14. The molecule has 0 radical (unpaired) electrons. The molecule has 0 saturated carbocycles. The van der Waals surface area contributed by atoms with E-state index in [1.54, 1.807) is 11.1 Å². The third-order valence-electron chi connectivity index (χ3n) is 3.42. The molecule has 98 valence electrons. The first-order valence-corrected chi connectivity index (χ1v) is 6.31. The minimum absolute atomic E-state index is 0.0527. The van der Waals surface area contributed by atoms with Crippen LogP contribution >= 0.6 is 0 Å². The van der Waals surface area contributed by atoms with Crippen molar-refractivity contribution in [1.82, 2.24) is 9.55 Å². The molecule has 1 saturated heterocycles. The Labute approximate surface area is 111 Å². The second kappa shape index (κ2) is 4.51. The topological polar surface area (TPSA) is 64.2 Å². The van der Waals surface area contributed by atoms with Gasteiger partial charge in [-0.25, -0.2) is 4.98 Å². The summed E-state index contributed by atoms with van der Waals surface area (Å²) in [6.07, 6.45) is 4.12. The van der Waals surface area contributed by atoms with Crippen molar-refractivity contribution in [2.45, 2.75) is 19.4 Å². The fraction of sp³-hybridized carbons (Fsp3) is 0.286. The van der Waals surface area contributed by atoms with Gasteiger partial charge >= 0.3 is 0 Å². The Bertz CT molecular complexity index is 602. The fourth-order valence-electron chi connectivity index (χ4n) is 2.43. The zero-order chi connectivity index (χ0) is 13.4. The SMILES string of the molecule is Cc1nccn1-c1ccc(N2CC(N)CC2=O)cc1. The molecule has 1 fully saturated rings. The number of aryl methyl sites for hydroxylation is 1. The lowest BCUT2D eigenvalue weighted by Crippen LogP contribution is -2.27. The number of carbonyl (C=O) groups excluding carboxylic acids is 1. The van der Waals surface area contributed by atoms with E-state index in [1.165, 1.54) is 0 Å². The molecule has 1 atom stereocenters. The molecular formula is C14H16N4O. The lowest BCUT2D eigenvalue weighted by Gasteiger charge is -2.16. The number of hydrogen-bond donors (Lipinski definition) is 1. The van der Waals surface area contributed by atoms with E-state index < -0.39 is 0 Å². The van der Waals surface area contributed by atoms with Crippen LogP contribution in [0, 0.1) is 6.92 Å². The quantitative estimate of drug-likeness (QED) is 0.879. The van der Waals surface area contributed by atoms with Crippen LogP contribution in [-0.2, 0) is 4.79 Å². The van der Waals surface area contributed by atoms with E-state index in [4.69, 9.17) is 5.73 Å². The summed E-state index contributed by atoms with van der Waals surface area (Å²) in [7, 11) is 0. The van der Waals surface area contributed by atoms with Gasteiger partial charge in [0.25, 0.3) is 0 Å². The third kappa shape index (κ3) is 2.13. The Morgan fingerprint density at radius 2 is 1.95 bits per heavy atom. The van der Waals surface area contributed by atoms with Crippen LogP contribution in [0.3, 0.4) is 0 Å². The highest BCUT2D eigenvalue weighted by atomic mass is 16.2. The molecule has 1 aromatic carbocycles. The predicted molar refractivity (Wildman–Crippen MR) is 73.2 cm³/mol. The van der Waals surface area contributed by atoms with Crippen molar-refractivity contribution in [3.05, 3.63) is 42.5 Å². The number of nitrogens with two attached hydrogens (primary N) is 1. The van der Waals surface area contributed by atoms with Gasteiger partial charge in [0.05, 0.1) is 0 Å². The molecule has 1 aliphatic heterocycles. The highest BCUT2D eigenvalue weighted by Crippen LogP contribution is 2.22. The Kier molecular flexibility index (Phi) is 2.83. The van der Waals surface area contributed by atoms with Gasteiger partial charge in [0.1, 0.15) is 5.82 Å². The zero-order valence-corrected chi connectivity index (χ0v) is 10.8. The van der Waals surface area contributed by atoms with Crippen LogP contribution < -0.4 is 10.6 Å². The molecule has 1 aromatic heterocycles. The van der Waals surface area contributed by atoms with Gasteiger partial charge < -0.3 is 15.2 Å². The normalized spacial score (nSPS) is 19.2. The minimum Gasteiger partial charge on any atom is -0.326 e. The minimum atomic E-state index is -0.0527. The average molecular weight is 256 g/mol. The van der Waals surface area contributed by atoms with Crippen molar-refractivity contribution in [2.75, 3.05) is 11.4 Å². The van der Waals surface area contributed by atoms with Crippen molar-refractivity contribution in [1.29, 1.82) is 0 Å². The summed E-state index contributed by atoms with van der Waals surface area (Å²) < 4.78 is 2.00. The molecular weight excluding hydrogens is 240 g/mol. The molecule has 0 spiro atoms.